The van der Waals surface area contributed by atoms with Gasteiger partial charge < -0.3 is 24.8 Å². The standard InChI is InChI=1S/C20H28BrN5O3/c1-22-19-5-8-23-20(25-19)24-16-3-4-17(27-2)18(11-16)29-13-15-6-9-26(12-15)14-28-10-7-21/h3-5,8,11,15H,6-7,9-10,12-14H2,1-2H3,(H2,22,23,24,25). The van der Waals surface area contributed by atoms with Gasteiger partial charge >= 0.3 is 0 Å². The second kappa shape index (κ2) is 11.2. The Balaban J connectivity index is 1.58. The van der Waals surface area contributed by atoms with Crippen LogP contribution in [0.2, 0.25) is 0 Å². The summed E-state index contributed by atoms with van der Waals surface area (Å²) in [5.41, 5.74) is 0.838. The summed E-state index contributed by atoms with van der Waals surface area (Å²) >= 11 is 3.38. The summed E-state index contributed by atoms with van der Waals surface area (Å²) in [6, 6.07) is 7.53. The SMILES string of the molecule is CNc1ccnc(Nc2ccc(OC)c(OCC3CCN(COCCBr)C3)c2)n1. The number of alkyl halides is 1. The van der Waals surface area contributed by atoms with E-state index in [1.54, 1.807) is 13.3 Å². The lowest BCUT2D eigenvalue weighted by molar-refractivity contribution is 0.0479. The van der Waals surface area contributed by atoms with Crippen LogP contribution in [0.3, 0.4) is 0 Å². The molecule has 1 unspecified atom stereocenters. The molecule has 1 aromatic heterocycles. The van der Waals surface area contributed by atoms with Gasteiger partial charge in [-0.05, 0) is 24.6 Å². The molecule has 8 nitrogen and oxygen atoms in total. The normalized spacial score (nSPS) is 16.6. The predicted octanol–water partition coefficient (Wildman–Crippen LogP) is 3.34. The Morgan fingerprint density at radius 3 is 2.97 bits per heavy atom. The summed E-state index contributed by atoms with van der Waals surface area (Å²) in [6.45, 7) is 4.06. The van der Waals surface area contributed by atoms with Gasteiger partial charge in [-0.15, -0.1) is 0 Å². The minimum atomic E-state index is 0.472. The van der Waals surface area contributed by atoms with Gasteiger partial charge in [-0.25, -0.2) is 4.98 Å². The van der Waals surface area contributed by atoms with E-state index < -0.39 is 0 Å². The zero-order valence-corrected chi connectivity index (χ0v) is 18.4. The molecule has 0 aliphatic carbocycles. The van der Waals surface area contributed by atoms with Gasteiger partial charge in [-0.3, -0.25) is 4.90 Å². The summed E-state index contributed by atoms with van der Waals surface area (Å²) in [7, 11) is 3.47. The maximum Gasteiger partial charge on any atom is 0.229 e. The van der Waals surface area contributed by atoms with Crippen molar-refractivity contribution in [3.05, 3.63) is 30.5 Å². The van der Waals surface area contributed by atoms with Gasteiger partial charge in [0.1, 0.15) is 5.82 Å². The highest BCUT2D eigenvalue weighted by Gasteiger charge is 2.23. The summed E-state index contributed by atoms with van der Waals surface area (Å²) < 4.78 is 17.2. The molecule has 2 heterocycles. The fraction of sp³-hybridized carbons (Fsp3) is 0.500. The van der Waals surface area contributed by atoms with Crippen LogP contribution >= 0.6 is 15.9 Å². The van der Waals surface area contributed by atoms with Gasteiger partial charge in [0.15, 0.2) is 11.5 Å². The molecule has 0 spiro atoms. The highest BCUT2D eigenvalue weighted by molar-refractivity contribution is 9.09. The molecule has 1 aliphatic rings. The zero-order chi connectivity index (χ0) is 20.5. The molecular weight excluding hydrogens is 438 g/mol. The van der Waals surface area contributed by atoms with Gasteiger partial charge in [-0.1, -0.05) is 15.9 Å². The molecule has 1 saturated heterocycles. The van der Waals surface area contributed by atoms with Crippen LogP contribution in [0.5, 0.6) is 11.5 Å². The third-order valence-electron chi connectivity index (χ3n) is 4.67. The van der Waals surface area contributed by atoms with E-state index in [9.17, 15) is 0 Å². The Hall–Kier alpha value is -2.10. The molecule has 158 valence electrons. The molecule has 3 rings (SSSR count). The molecule has 1 aliphatic heterocycles. The number of nitrogens with zero attached hydrogens (tertiary/aromatic N) is 3. The number of halogens is 1. The Kier molecular flexibility index (Phi) is 8.33. The largest absolute Gasteiger partial charge is 0.493 e. The quantitative estimate of drug-likeness (QED) is 0.386. The van der Waals surface area contributed by atoms with Crippen LogP contribution in [0.1, 0.15) is 6.42 Å². The molecule has 1 aromatic carbocycles. The first-order chi connectivity index (χ1) is 14.2. The van der Waals surface area contributed by atoms with Crippen molar-refractivity contribution < 1.29 is 14.2 Å². The minimum Gasteiger partial charge on any atom is -0.493 e. The summed E-state index contributed by atoms with van der Waals surface area (Å²) in [5.74, 6) is 3.15. The van der Waals surface area contributed by atoms with Crippen molar-refractivity contribution in [3.63, 3.8) is 0 Å². The van der Waals surface area contributed by atoms with Crippen LogP contribution in [0.4, 0.5) is 17.5 Å². The third kappa shape index (κ3) is 6.45. The van der Waals surface area contributed by atoms with Crippen LogP contribution in [0.15, 0.2) is 30.5 Å². The van der Waals surface area contributed by atoms with Crippen LogP contribution in [0.25, 0.3) is 0 Å². The number of benzene rings is 1. The van der Waals surface area contributed by atoms with Gasteiger partial charge in [0, 0.05) is 49.3 Å². The average molecular weight is 466 g/mol. The molecule has 2 N–H and O–H groups in total. The number of rotatable bonds is 11. The molecule has 0 amide bonds. The number of ether oxygens (including phenoxy) is 3. The molecular formula is C20H28BrN5O3. The Morgan fingerprint density at radius 1 is 1.28 bits per heavy atom. The minimum absolute atomic E-state index is 0.472. The Labute approximate surface area is 180 Å². The van der Waals surface area contributed by atoms with Crippen molar-refractivity contribution in [2.75, 3.05) is 63.2 Å². The van der Waals surface area contributed by atoms with E-state index in [1.165, 1.54) is 0 Å². The third-order valence-corrected chi connectivity index (χ3v) is 5.00. The van der Waals surface area contributed by atoms with Crippen molar-refractivity contribution >= 4 is 33.4 Å². The molecule has 29 heavy (non-hydrogen) atoms. The number of hydrogen-bond donors (Lipinski definition) is 2. The van der Waals surface area contributed by atoms with E-state index in [0.717, 1.165) is 43.0 Å². The van der Waals surface area contributed by atoms with Gasteiger partial charge in [-0.2, -0.15) is 4.98 Å². The fourth-order valence-corrected chi connectivity index (χ4v) is 3.41. The van der Waals surface area contributed by atoms with Crippen LogP contribution < -0.4 is 20.1 Å². The monoisotopic (exact) mass is 465 g/mol. The molecule has 9 heteroatoms. The highest BCUT2D eigenvalue weighted by atomic mass is 79.9. The Bertz CT molecular complexity index is 780. The number of aromatic nitrogens is 2. The van der Waals surface area contributed by atoms with E-state index >= 15 is 0 Å². The molecule has 1 fully saturated rings. The average Bonchev–Trinajstić information content (AvgIpc) is 3.20. The number of nitrogens with one attached hydrogen (secondary N) is 2. The van der Waals surface area contributed by atoms with E-state index in [2.05, 4.69) is 41.4 Å². The second-order valence-electron chi connectivity index (χ2n) is 6.78. The maximum atomic E-state index is 6.12. The number of methoxy groups -OCH3 is 1. The lowest BCUT2D eigenvalue weighted by Gasteiger charge is -2.17. The maximum absolute atomic E-state index is 6.12. The van der Waals surface area contributed by atoms with Crippen molar-refractivity contribution in [1.29, 1.82) is 0 Å². The lowest BCUT2D eigenvalue weighted by atomic mass is 10.1. The second-order valence-corrected chi connectivity index (χ2v) is 7.57. The zero-order valence-electron chi connectivity index (χ0n) is 16.9. The van der Waals surface area contributed by atoms with Crippen molar-refractivity contribution in [3.8, 4) is 11.5 Å². The summed E-state index contributed by atoms with van der Waals surface area (Å²) in [5, 5.41) is 7.07. The van der Waals surface area contributed by atoms with Crippen molar-refractivity contribution in [2.24, 2.45) is 5.92 Å². The number of hydrogen-bond acceptors (Lipinski definition) is 8. The van der Waals surface area contributed by atoms with E-state index in [1.807, 2.05) is 31.3 Å². The van der Waals surface area contributed by atoms with Crippen molar-refractivity contribution in [1.82, 2.24) is 14.9 Å². The summed E-state index contributed by atoms with van der Waals surface area (Å²) in [4.78, 5) is 10.9. The number of anilines is 3. The van der Waals surface area contributed by atoms with E-state index in [4.69, 9.17) is 14.2 Å². The van der Waals surface area contributed by atoms with E-state index in [0.29, 0.717) is 36.7 Å². The van der Waals surface area contributed by atoms with Crippen LogP contribution in [-0.2, 0) is 4.74 Å². The highest BCUT2D eigenvalue weighted by Crippen LogP contribution is 2.32. The van der Waals surface area contributed by atoms with Crippen LogP contribution in [0, 0.1) is 5.92 Å². The van der Waals surface area contributed by atoms with Gasteiger partial charge in [0.25, 0.3) is 0 Å². The first-order valence-electron chi connectivity index (χ1n) is 9.66. The van der Waals surface area contributed by atoms with Gasteiger partial charge in [0.2, 0.25) is 5.95 Å². The fourth-order valence-electron chi connectivity index (χ4n) is 3.18. The summed E-state index contributed by atoms with van der Waals surface area (Å²) in [6.07, 6.45) is 2.80. The number of likely N-dealkylation sites (tertiary alicyclic amines) is 1. The lowest BCUT2D eigenvalue weighted by Crippen LogP contribution is -2.25. The van der Waals surface area contributed by atoms with E-state index in [-0.39, 0.29) is 0 Å². The smallest absolute Gasteiger partial charge is 0.229 e. The van der Waals surface area contributed by atoms with Crippen molar-refractivity contribution in [2.45, 2.75) is 6.42 Å². The predicted molar refractivity (Wildman–Crippen MR) is 118 cm³/mol. The Morgan fingerprint density at radius 2 is 2.17 bits per heavy atom. The van der Waals surface area contributed by atoms with Crippen LogP contribution in [-0.4, -0.2) is 67.4 Å². The molecule has 0 radical (unpaired) electrons. The first kappa shape index (κ1) is 21.6. The topological polar surface area (TPSA) is 80.8 Å². The molecule has 0 bridgehead atoms. The van der Waals surface area contributed by atoms with Gasteiger partial charge in [0.05, 0.1) is 27.1 Å². The molecule has 2 aromatic rings. The first-order valence-corrected chi connectivity index (χ1v) is 10.8. The molecule has 1 atom stereocenters. The molecule has 0 saturated carbocycles.